The van der Waals surface area contributed by atoms with Crippen molar-refractivity contribution in [3.8, 4) is 44.5 Å². The fourth-order valence-electron chi connectivity index (χ4n) is 10.4. The zero-order chi connectivity index (χ0) is 44.1. The van der Waals surface area contributed by atoms with Gasteiger partial charge in [0.15, 0.2) is 0 Å². The molecule has 0 N–H and O–H groups in total. The molecule has 66 heavy (non-hydrogen) atoms. The minimum absolute atomic E-state index is 1.21. The minimum atomic E-state index is 1.21. The first-order valence-corrected chi connectivity index (χ1v) is 23.1. The van der Waals surface area contributed by atoms with E-state index in [1.807, 2.05) is 26.0 Å². The summed E-state index contributed by atoms with van der Waals surface area (Å²) in [5.74, 6) is 0. The van der Waals surface area contributed by atoms with E-state index < -0.39 is 0 Å². The van der Waals surface area contributed by atoms with Crippen molar-refractivity contribution in [2.45, 2.75) is 13.8 Å². The van der Waals surface area contributed by atoms with Crippen molar-refractivity contribution in [3.63, 3.8) is 0 Å². The highest BCUT2D eigenvalue weighted by Crippen LogP contribution is 2.48. The van der Waals surface area contributed by atoms with E-state index in [0.29, 0.717) is 0 Å². The molecule has 13 aromatic carbocycles. The number of hydrogen-bond acceptors (Lipinski definition) is 0. The smallest absolute Gasteiger partial charge is 0.00259 e. The molecule has 0 heteroatoms. The monoisotopic (exact) mass is 838 g/mol. The van der Waals surface area contributed by atoms with E-state index in [4.69, 9.17) is 0 Å². The molecule has 0 aliphatic rings. The van der Waals surface area contributed by atoms with E-state index in [2.05, 4.69) is 231 Å². The summed E-state index contributed by atoms with van der Waals surface area (Å²) in [4.78, 5) is 0. The molecule has 310 valence electrons. The van der Waals surface area contributed by atoms with E-state index >= 15 is 0 Å². The standard InChI is InChI=1S/C62H38.C4H8/c1-4-14-42-33-45(24-21-39(42)11-1)47-28-32-57-59(36-47)61(49-26-23-41-13-3-6-16-44(41)35-49)56-31-27-48(46-25-22-40-12-2-5-15-43(40)34-46)37-60(56)62(57)50-29-30-55-53-19-8-7-17-51(53)52-18-9-10-20-54(52)58(55)38-50;1-3-4-2/h1-38H;3-4H,1-2H3/b;4-3-. The second-order valence-corrected chi connectivity index (χ2v) is 17.5. The van der Waals surface area contributed by atoms with Gasteiger partial charge in [0, 0.05) is 0 Å². The SMILES string of the molecule is C/C=C\C.c1ccc2cc(-c3ccc4c(-c5ccc6c7ccccc7c7ccccc7c6c5)c5cc(-c6ccc7ccccc7c6)ccc5c(-c5ccc6ccccc6c5)c4c3)ccc2c1. The Hall–Kier alpha value is -8.32. The third-order valence-corrected chi connectivity index (χ3v) is 13.7. The van der Waals surface area contributed by atoms with E-state index in [1.165, 1.54) is 131 Å². The van der Waals surface area contributed by atoms with Gasteiger partial charge in [0.1, 0.15) is 0 Å². The van der Waals surface area contributed by atoms with Gasteiger partial charge in [0.05, 0.1) is 0 Å². The van der Waals surface area contributed by atoms with Crippen molar-refractivity contribution in [1.29, 1.82) is 0 Å². The highest BCUT2D eigenvalue weighted by molar-refractivity contribution is 6.28. The number of fused-ring (bicyclic) bond motifs is 11. The molecule has 0 heterocycles. The van der Waals surface area contributed by atoms with Crippen LogP contribution in [-0.2, 0) is 0 Å². The number of rotatable bonds is 4. The van der Waals surface area contributed by atoms with Crippen molar-refractivity contribution in [3.05, 3.63) is 243 Å². The van der Waals surface area contributed by atoms with Crippen molar-refractivity contribution < 1.29 is 0 Å². The summed E-state index contributed by atoms with van der Waals surface area (Å²) in [7, 11) is 0. The molecule has 0 saturated carbocycles. The molecule has 0 aliphatic carbocycles. The minimum Gasteiger partial charge on any atom is -0.0919 e. The second-order valence-electron chi connectivity index (χ2n) is 17.5. The summed E-state index contributed by atoms with van der Waals surface area (Å²) >= 11 is 0. The lowest BCUT2D eigenvalue weighted by Crippen LogP contribution is -1.93. The van der Waals surface area contributed by atoms with Gasteiger partial charge in [0.2, 0.25) is 0 Å². The molecule has 0 unspecified atom stereocenters. The summed E-state index contributed by atoms with van der Waals surface area (Å²) in [5.41, 5.74) is 9.79. The highest BCUT2D eigenvalue weighted by atomic mass is 14.2. The molecule has 0 amide bonds. The van der Waals surface area contributed by atoms with Gasteiger partial charge in [-0.25, -0.2) is 0 Å². The quantitative estimate of drug-likeness (QED) is 0.0941. The first-order valence-electron chi connectivity index (χ1n) is 23.1. The van der Waals surface area contributed by atoms with Gasteiger partial charge < -0.3 is 0 Å². The number of benzene rings is 13. The first-order chi connectivity index (χ1) is 32.6. The van der Waals surface area contributed by atoms with E-state index in [9.17, 15) is 0 Å². The molecule has 0 aromatic heterocycles. The molecule has 0 bridgehead atoms. The third kappa shape index (κ3) is 6.70. The molecular weight excluding hydrogens is 793 g/mol. The fraction of sp³-hybridized carbons (Fsp3) is 0.0303. The van der Waals surface area contributed by atoms with Crippen LogP contribution < -0.4 is 0 Å². The van der Waals surface area contributed by atoms with Gasteiger partial charge in [-0.15, -0.1) is 0 Å². The van der Waals surface area contributed by atoms with Gasteiger partial charge in [-0.2, -0.15) is 0 Å². The average Bonchev–Trinajstić information content (AvgIpc) is 3.39. The molecule has 0 spiro atoms. The van der Waals surface area contributed by atoms with Crippen LogP contribution in [0.2, 0.25) is 0 Å². The molecule has 0 radical (unpaired) electrons. The zero-order valence-electron chi connectivity index (χ0n) is 37.1. The summed E-state index contributed by atoms with van der Waals surface area (Å²) in [5, 5.41) is 20.1. The topological polar surface area (TPSA) is 0 Å². The van der Waals surface area contributed by atoms with Gasteiger partial charge in [-0.05, 0) is 181 Å². The molecular formula is C66H46. The van der Waals surface area contributed by atoms with Crippen LogP contribution in [0.25, 0.3) is 131 Å². The molecule has 0 saturated heterocycles. The van der Waals surface area contributed by atoms with Crippen LogP contribution in [0.15, 0.2) is 243 Å². The molecule has 0 atom stereocenters. The predicted molar refractivity (Wildman–Crippen MR) is 289 cm³/mol. The largest absolute Gasteiger partial charge is 0.0919 e. The van der Waals surface area contributed by atoms with Crippen molar-refractivity contribution in [1.82, 2.24) is 0 Å². The van der Waals surface area contributed by atoms with Crippen LogP contribution in [0.5, 0.6) is 0 Å². The second kappa shape index (κ2) is 16.3. The van der Waals surface area contributed by atoms with E-state index in [1.54, 1.807) is 0 Å². The van der Waals surface area contributed by atoms with Crippen LogP contribution in [0.3, 0.4) is 0 Å². The van der Waals surface area contributed by atoms with Crippen molar-refractivity contribution in [2.75, 3.05) is 0 Å². The molecule has 13 rings (SSSR count). The predicted octanol–water partition coefficient (Wildman–Crippen LogP) is 19.2. The summed E-state index contributed by atoms with van der Waals surface area (Å²) < 4.78 is 0. The summed E-state index contributed by atoms with van der Waals surface area (Å²) in [6.45, 7) is 4.00. The Morgan fingerprint density at radius 1 is 0.197 bits per heavy atom. The number of hydrogen-bond donors (Lipinski definition) is 0. The Bertz CT molecular complexity index is 4030. The lowest BCUT2D eigenvalue weighted by atomic mass is 9.82. The molecule has 0 aliphatic heterocycles. The van der Waals surface area contributed by atoms with Gasteiger partial charge in [-0.3, -0.25) is 0 Å². The maximum Gasteiger partial charge on any atom is -0.00259 e. The van der Waals surface area contributed by atoms with Gasteiger partial charge >= 0.3 is 0 Å². The van der Waals surface area contributed by atoms with Crippen molar-refractivity contribution >= 4 is 86.2 Å². The normalized spacial score (nSPS) is 11.7. The third-order valence-electron chi connectivity index (χ3n) is 13.7. The van der Waals surface area contributed by atoms with Crippen LogP contribution in [0, 0.1) is 0 Å². The first kappa shape index (κ1) is 39.3. The summed E-state index contributed by atoms with van der Waals surface area (Å²) in [6.07, 6.45) is 4.00. The molecule has 0 fully saturated rings. The Morgan fingerprint density at radius 2 is 0.470 bits per heavy atom. The zero-order valence-corrected chi connectivity index (χ0v) is 37.1. The lowest BCUT2D eigenvalue weighted by Gasteiger charge is -2.21. The Labute approximate surface area is 385 Å². The van der Waals surface area contributed by atoms with Crippen LogP contribution in [0.1, 0.15) is 13.8 Å². The lowest BCUT2D eigenvalue weighted by molar-refractivity contribution is 1.64. The molecule has 13 aromatic rings. The maximum absolute atomic E-state index is 2.47. The Morgan fingerprint density at radius 3 is 0.909 bits per heavy atom. The average molecular weight is 839 g/mol. The summed E-state index contributed by atoms with van der Waals surface area (Å²) in [6, 6.07) is 86.1. The van der Waals surface area contributed by atoms with E-state index in [-0.39, 0.29) is 0 Å². The van der Waals surface area contributed by atoms with Crippen LogP contribution in [0.4, 0.5) is 0 Å². The van der Waals surface area contributed by atoms with Crippen LogP contribution in [-0.4, -0.2) is 0 Å². The Balaban J connectivity index is 0.00000110. The Kier molecular flexibility index (Phi) is 9.73. The van der Waals surface area contributed by atoms with Gasteiger partial charge in [-0.1, -0.05) is 206 Å². The maximum atomic E-state index is 2.47. The van der Waals surface area contributed by atoms with E-state index in [0.717, 1.165) is 0 Å². The van der Waals surface area contributed by atoms with Crippen molar-refractivity contribution in [2.24, 2.45) is 0 Å². The fourth-order valence-corrected chi connectivity index (χ4v) is 10.4. The van der Waals surface area contributed by atoms with Gasteiger partial charge in [0.25, 0.3) is 0 Å². The number of allylic oxidation sites excluding steroid dienone is 2. The molecule has 0 nitrogen and oxygen atoms in total. The highest BCUT2D eigenvalue weighted by Gasteiger charge is 2.20. The van der Waals surface area contributed by atoms with Crippen LogP contribution >= 0.6 is 0 Å².